The molecular formula is C14H22N2O3S. The highest BCUT2D eigenvalue weighted by molar-refractivity contribution is 7.90. The highest BCUT2D eigenvalue weighted by Gasteiger charge is 2.18. The third kappa shape index (κ3) is 4.23. The maximum atomic E-state index is 12.4. The van der Waals surface area contributed by atoms with E-state index in [0.29, 0.717) is 24.6 Å². The van der Waals surface area contributed by atoms with Crippen molar-refractivity contribution < 1.29 is 13.2 Å². The van der Waals surface area contributed by atoms with Crippen molar-refractivity contribution in [3.05, 3.63) is 23.8 Å². The van der Waals surface area contributed by atoms with E-state index in [1.54, 1.807) is 4.90 Å². The van der Waals surface area contributed by atoms with Gasteiger partial charge in [0.25, 0.3) is 5.91 Å². The lowest BCUT2D eigenvalue weighted by molar-refractivity contribution is 0.0745. The van der Waals surface area contributed by atoms with Gasteiger partial charge in [0.15, 0.2) is 9.84 Å². The van der Waals surface area contributed by atoms with Crippen LogP contribution in [0.25, 0.3) is 0 Å². The Morgan fingerprint density at radius 1 is 1.30 bits per heavy atom. The summed E-state index contributed by atoms with van der Waals surface area (Å²) in [6.07, 6.45) is 1.10. The number of carbonyl (C=O) groups is 1. The Labute approximate surface area is 120 Å². The summed E-state index contributed by atoms with van der Waals surface area (Å²) in [4.78, 5) is 14.2. The predicted molar refractivity (Wildman–Crippen MR) is 80.4 cm³/mol. The van der Waals surface area contributed by atoms with E-state index in [1.165, 1.54) is 18.2 Å². The first-order valence-corrected chi connectivity index (χ1v) is 8.44. The number of hydrogen-bond acceptors (Lipinski definition) is 4. The van der Waals surface area contributed by atoms with E-state index in [2.05, 4.69) is 0 Å². The Morgan fingerprint density at radius 2 is 1.90 bits per heavy atom. The molecule has 6 heteroatoms. The van der Waals surface area contributed by atoms with Crippen molar-refractivity contribution >= 4 is 21.4 Å². The van der Waals surface area contributed by atoms with Gasteiger partial charge < -0.3 is 10.6 Å². The minimum Gasteiger partial charge on any atom is -0.399 e. The molecule has 0 radical (unpaired) electrons. The van der Waals surface area contributed by atoms with Crippen LogP contribution < -0.4 is 5.73 Å². The van der Waals surface area contributed by atoms with Crippen molar-refractivity contribution in [3.63, 3.8) is 0 Å². The normalized spacial score (nSPS) is 11.7. The average Bonchev–Trinajstić information content (AvgIpc) is 2.33. The zero-order valence-electron chi connectivity index (χ0n) is 12.4. The number of nitrogens with zero attached hydrogens (tertiary/aromatic N) is 1. The molecule has 1 rings (SSSR count). The molecule has 0 saturated heterocycles. The number of nitrogens with two attached hydrogens (primary N) is 1. The number of sulfone groups is 1. The highest BCUT2D eigenvalue weighted by Crippen LogP contribution is 2.18. The van der Waals surface area contributed by atoms with E-state index >= 15 is 0 Å². The van der Waals surface area contributed by atoms with Gasteiger partial charge in [-0.15, -0.1) is 0 Å². The quantitative estimate of drug-likeness (QED) is 0.840. The Morgan fingerprint density at radius 3 is 2.35 bits per heavy atom. The van der Waals surface area contributed by atoms with Crippen molar-refractivity contribution in [3.8, 4) is 0 Å². The molecule has 0 aliphatic rings. The van der Waals surface area contributed by atoms with Crippen LogP contribution in [0.4, 0.5) is 5.69 Å². The van der Waals surface area contributed by atoms with E-state index in [4.69, 9.17) is 5.73 Å². The topological polar surface area (TPSA) is 80.5 Å². The predicted octanol–water partition coefficient (Wildman–Crippen LogP) is 1.79. The number of anilines is 1. The monoisotopic (exact) mass is 298 g/mol. The number of benzene rings is 1. The molecule has 1 amide bonds. The Kier molecular flexibility index (Phi) is 5.16. The summed E-state index contributed by atoms with van der Waals surface area (Å²) in [7, 11) is -3.39. The Bertz CT molecular complexity index is 594. The van der Waals surface area contributed by atoms with Crippen molar-refractivity contribution in [2.45, 2.75) is 25.7 Å². The number of amides is 1. The minimum atomic E-state index is -3.39. The van der Waals surface area contributed by atoms with Gasteiger partial charge in [0.05, 0.1) is 4.90 Å². The van der Waals surface area contributed by atoms with Gasteiger partial charge in [-0.2, -0.15) is 0 Å². The van der Waals surface area contributed by atoms with Crippen molar-refractivity contribution in [1.29, 1.82) is 0 Å². The maximum absolute atomic E-state index is 12.4. The number of rotatable bonds is 5. The molecule has 0 saturated carbocycles. The summed E-state index contributed by atoms with van der Waals surface area (Å²) in [6.45, 7) is 7.14. The first-order valence-electron chi connectivity index (χ1n) is 6.55. The van der Waals surface area contributed by atoms with Gasteiger partial charge in [-0.25, -0.2) is 8.42 Å². The van der Waals surface area contributed by atoms with Crippen molar-refractivity contribution in [2.75, 3.05) is 25.1 Å². The molecule has 0 unspecified atom stereocenters. The van der Waals surface area contributed by atoms with Gasteiger partial charge in [-0.1, -0.05) is 13.8 Å². The van der Waals surface area contributed by atoms with Crippen LogP contribution in [0.1, 0.15) is 31.1 Å². The van der Waals surface area contributed by atoms with Gasteiger partial charge in [-0.05, 0) is 31.0 Å². The van der Waals surface area contributed by atoms with Gasteiger partial charge >= 0.3 is 0 Å². The van der Waals surface area contributed by atoms with Crippen LogP contribution >= 0.6 is 0 Å². The molecule has 0 aliphatic carbocycles. The third-order valence-electron chi connectivity index (χ3n) is 2.86. The molecule has 0 atom stereocenters. The van der Waals surface area contributed by atoms with Crippen LogP contribution in [0.2, 0.25) is 0 Å². The van der Waals surface area contributed by atoms with Crippen LogP contribution in [0.5, 0.6) is 0 Å². The van der Waals surface area contributed by atoms with E-state index in [0.717, 1.165) is 6.26 Å². The molecule has 1 aromatic carbocycles. The Balaban J connectivity index is 3.19. The van der Waals surface area contributed by atoms with E-state index in [9.17, 15) is 13.2 Å². The van der Waals surface area contributed by atoms with E-state index in [-0.39, 0.29) is 16.5 Å². The minimum absolute atomic E-state index is 0.0708. The van der Waals surface area contributed by atoms with Crippen LogP contribution in [0, 0.1) is 5.92 Å². The molecule has 2 N–H and O–H groups in total. The second-order valence-electron chi connectivity index (χ2n) is 5.30. The molecule has 0 fully saturated rings. The van der Waals surface area contributed by atoms with Gasteiger partial charge in [0.2, 0.25) is 0 Å². The van der Waals surface area contributed by atoms with Gasteiger partial charge in [-0.3, -0.25) is 4.79 Å². The van der Waals surface area contributed by atoms with Crippen LogP contribution in [0.15, 0.2) is 23.1 Å². The van der Waals surface area contributed by atoms with E-state index < -0.39 is 9.84 Å². The zero-order chi connectivity index (χ0) is 15.5. The fourth-order valence-electron chi connectivity index (χ4n) is 1.94. The SMILES string of the molecule is CCN(CC(C)C)C(=O)c1cc(N)cc(S(C)(=O)=O)c1. The molecule has 0 heterocycles. The summed E-state index contributed by atoms with van der Waals surface area (Å²) in [6, 6.07) is 4.27. The molecule has 1 aromatic rings. The molecular weight excluding hydrogens is 276 g/mol. The van der Waals surface area contributed by atoms with Gasteiger partial charge in [0.1, 0.15) is 0 Å². The lowest BCUT2D eigenvalue weighted by Gasteiger charge is -2.23. The second kappa shape index (κ2) is 6.26. The number of hydrogen-bond donors (Lipinski definition) is 1. The lowest BCUT2D eigenvalue weighted by Crippen LogP contribution is -2.34. The third-order valence-corrected chi connectivity index (χ3v) is 3.95. The fourth-order valence-corrected chi connectivity index (χ4v) is 2.63. The summed E-state index contributed by atoms with van der Waals surface area (Å²) < 4.78 is 23.2. The number of carbonyl (C=O) groups excluding carboxylic acids is 1. The summed E-state index contributed by atoms with van der Waals surface area (Å²) in [5, 5.41) is 0. The molecule has 0 spiro atoms. The molecule has 0 bridgehead atoms. The largest absolute Gasteiger partial charge is 0.399 e. The highest BCUT2D eigenvalue weighted by atomic mass is 32.2. The molecule has 5 nitrogen and oxygen atoms in total. The molecule has 112 valence electrons. The smallest absolute Gasteiger partial charge is 0.253 e. The summed E-state index contributed by atoms with van der Waals surface area (Å²) in [5.74, 6) is 0.146. The standard InChI is InChI=1S/C14H22N2O3S/c1-5-16(9-10(2)3)14(17)11-6-12(15)8-13(7-11)20(4,18)19/h6-8,10H,5,9,15H2,1-4H3. The van der Waals surface area contributed by atoms with Crippen LogP contribution in [0.3, 0.4) is 0 Å². The molecule has 0 aliphatic heterocycles. The maximum Gasteiger partial charge on any atom is 0.253 e. The van der Waals surface area contributed by atoms with Crippen LogP contribution in [-0.2, 0) is 9.84 Å². The first-order chi connectivity index (χ1) is 9.15. The zero-order valence-corrected chi connectivity index (χ0v) is 13.2. The lowest BCUT2D eigenvalue weighted by atomic mass is 10.1. The van der Waals surface area contributed by atoms with Gasteiger partial charge in [0, 0.05) is 30.6 Å². The summed E-state index contributed by atoms with van der Waals surface area (Å²) in [5.41, 5.74) is 6.29. The molecule has 20 heavy (non-hydrogen) atoms. The Hall–Kier alpha value is -1.56. The fraction of sp³-hybridized carbons (Fsp3) is 0.500. The summed E-state index contributed by atoms with van der Waals surface area (Å²) >= 11 is 0. The second-order valence-corrected chi connectivity index (χ2v) is 7.32. The van der Waals surface area contributed by atoms with Crippen molar-refractivity contribution in [1.82, 2.24) is 4.90 Å². The average molecular weight is 298 g/mol. The van der Waals surface area contributed by atoms with Crippen molar-refractivity contribution in [2.24, 2.45) is 5.92 Å². The van der Waals surface area contributed by atoms with E-state index in [1.807, 2.05) is 20.8 Å². The number of nitrogen functional groups attached to an aromatic ring is 1. The van der Waals surface area contributed by atoms with Crippen LogP contribution in [-0.4, -0.2) is 38.6 Å². The molecule has 0 aromatic heterocycles. The first kappa shape index (κ1) is 16.5.